The van der Waals surface area contributed by atoms with E-state index in [1.807, 2.05) is 13.8 Å². The highest BCUT2D eigenvalue weighted by molar-refractivity contribution is 5.77. The first-order valence-electron chi connectivity index (χ1n) is 6.51. The Morgan fingerprint density at radius 3 is 2.31 bits per heavy atom. The molecule has 1 saturated carbocycles. The minimum absolute atomic E-state index is 0.0917. The maximum atomic E-state index is 11.3. The molecule has 2 N–H and O–H groups in total. The van der Waals surface area contributed by atoms with E-state index < -0.39 is 0 Å². The van der Waals surface area contributed by atoms with Crippen LogP contribution in [0.3, 0.4) is 0 Å². The van der Waals surface area contributed by atoms with Crippen molar-refractivity contribution in [2.24, 2.45) is 17.8 Å². The molecule has 3 heteroatoms. The summed E-state index contributed by atoms with van der Waals surface area (Å²) in [4.78, 5) is 11.3. The topological polar surface area (TPSA) is 41.1 Å². The molecule has 0 aliphatic heterocycles. The summed E-state index contributed by atoms with van der Waals surface area (Å²) in [6.07, 6.45) is 2.60. The monoisotopic (exact) mass is 226 g/mol. The van der Waals surface area contributed by atoms with Crippen molar-refractivity contribution in [2.45, 2.75) is 46.6 Å². The largest absolute Gasteiger partial charge is 0.355 e. The molecule has 0 spiro atoms. The van der Waals surface area contributed by atoms with Gasteiger partial charge in [0.05, 0.1) is 0 Å². The van der Waals surface area contributed by atoms with Gasteiger partial charge in [-0.3, -0.25) is 4.79 Å². The van der Waals surface area contributed by atoms with E-state index in [0.717, 1.165) is 24.9 Å². The Labute approximate surface area is 99.4 Å². The molecule has 1 aliphatic carbocycles. The minimum Gasteiger partial charge on any atom is -0.355 e. The number of carbonyl (C=O) groups is 1. The molecule has 94 valence electrons. The molecular formula is C13H26N2O. The zero-order valence-corrected chi connectivity index (χ0v) is 11.0. The van der Waals surface area contributed by atoms with Gasteiger partial charge < -0.3 is 10.6 Å². The average molecular weight is 226 g/mol. The number of hydrogen-bond acceptors (Lipinski definition) is 2. The quantitative estimate of drug-likeness (QED) is 0.678. The third kappa shape index (κ3) is 4.12. The fraction of sp³-hybridized carbons (Fsp3) is 0.923. The summed E-state index contributed by atoms with van der Waals surface area (Å²) in [5, 5.41) is 6.40. The summed E-state index contributed by atoms with van der Waals surface area (Å²) < 4.78 is 0. The molecule has 0 aromatic heterocycles. The maximum Gasteiger partial charge on any atom is 0.222 e. The molecule has 0 saturated heterocycles. The Morgan fingerprint density at radius 2 is 1.81 bits per heavy atom. The third-order valence-corrected chi connectivity index (χ3v) is 3.50. The predicted octanol–water partition coefficient (Wildman–Crippen LogP) is 1.78. The second-order valence-electron chi connectivity index (χ2n) is 5.57. The number of hydrogen-bond donors (Lipinski definition) is 2. The van der Waals surface area contributed by atoms with Gasteiger partial charge in [-0.1, -0.05) is 27.7 Å². The van der Waals surface area contributed by atoms with Crippen LogP contribution < -0.4 is 10.6 Å². The second-order valence-corrected chi connectivity index (χ2v) is 5.57. The van der Waals surface area contributed by atoms with Crippen molar-refractivity contribution in [3.05, 3.63) is 0 Å². The summed E-state index contributed by atoms with van der Waals surface area (Å²) in [6, 6.07) is 0.684. The molecule has 0 unspecified atom stereocenters. The molecule has 1 fully saturated rings. The van der Waals surface area contributed by atoms with Crippen molar-refractivity contribution < 1.29 is 4.79 Å². The van der Waals surface area contributed by atoms with E-state index in [0.29, 0.717) is 6.04 Å². The van der Waals surface area contributed by atoms with Gasteiger partial charge in [0.15, 0.2) is 0 Å². The van der Waals surface area contributed by atoms with E-state index in [1.165, 1.54) is 12.8 Å². The van der Waals surface area contributed by atoms with Gasteiger partial charge in [-0.25, -0.2) is 0 Å². The van der Waals surface area contributed by atoms with Crippen molar-refractivity contribution in [2.75, 3.05) is 13.1 Å². The first-order valence-corrected chi connectivity index (χ1v) is 6.51. The zero-order valence-electron chi connectivity index (χ0n) is 11.0. The van der Waals surface area contributed by atoms with Crippen molar-refractivity contribution in [1.82, 2.24) is 10.6 Å². The molecule has 0 bridgehead atoms. The second kappa shape index (κ2) is 6.24. The van der Waals surface area contributed by atoms with Crippen molar-refractivity contribution in [1.29, 1.82) is 0 Å². The fourth-order valence-corrected chi connectivity index (χ4v) is 2.04. The molecule has 1 amide bonds. The minimum atomic E-state index is 0.0917. The summed E-state index contributed by atoms with van der Waals surface area (Å²) >= 11 is 0. The van der Waals surface area contributed by atoms with Crippen LogP contribution in [0.25, 0.3) is 0 Å². The molecule has 1 rings (SSSR count). The smallest absolute Gasteiger partial charge is 0.222 e. The van der Waals surface area contributed by atoms with E-state index >= 15 is 0 Å². The molecule has 0 atom stereocenters. The first-order chi connectivity index (χ1) is 7.50. The Morgan fingerprint density at radius 1 is 1.19 bits per heavy atom. The molecule has 16 heavy (non-hydrogen) atoms. The van der Waals surface area contributed by atoms with Crippen LogP contribution in [0.1, 0.15) is 40.5 Å². The number of rotatable bonds is 6. The average Bonchev–Trinajstić information content (AvgIpc) is 2.13. The van der Waals surface area contributed by atoms with Crippen LogP contribution in [-0.2, 0) is 4.79 Å². The zero-order chi connectivity index (χ0) is 12.1. The third-order valence-electron chi connectivity index (χ3n) is 3.50. The van der Waals surface area contributed by atoms with Crippen LogP contribution >= 0.6 is 0 Å². The van der Waals surface area contributed by atoms with Gasteiger partial charge in [0, 0.05) is 25.0 Å². The highest BCUT2D eigenvalue weighted by atomic mass is 16.1. The van der Waals surface area contributed by atoms with E-state index in [1.54, 1.807) is 0 Å². The lowest BCUT2D eigenvalue weighted by Crippen LogP contribution is -2.45. The van der Waals surface area contributed by atoms with Gasteiger partial charge in [0.2, 0.25) is 5.91 Å². The van der Waals surface area contributed by atoms with E-state index in [9.17, 15) is 4.79 Å². The van der Waals surface area contributed by atoms with Crippen LogP contribution in [0.5, 0.6) is 0 Å². The Kier molecular flexibility index (Phi) is 5.26. The van der Waals surface area contributed by atoms with Gasteiger partial charge in [-0.05, 0) is 24.7 Å². The normalized spacial score (nSPS) is 24.6. The van der Waals surface area contributed by atoms with Gasteiger partial charge >= 0.3 is 0 Å². The van der Waals surface area contributed by atoms with E-state index in [2.05, 4.69) is 24.5 Å². The van der Waals surface area contributed by atoms with Crippen molar-refractivity contribution in [3.63, 3.8) is 0 Å². The standard InChI is InChI=1S/C13H26N2O/c1-9(2)11-7-12(8-11)14-5-6-15-13(16)10(3)4/h9-12,14H,5-8H2,1-4H3,(H,15,16). The van der Waals surface area contributed by atoms with Gasteiger partial charge in [0.25, 0.3) is 0 Å². The Bertz CT molecular complexity index is 220. The number of amides is 1. The molecular weight excluding hydrogens is 200 g/mol. The maximum absolute atomic E-state index is 11.3. The highest BCUT2D eigenvalue weighted by Crippen LogP contribution is 2.33. The molecule has 0 aromatic carbocycles. The summed E-state index contributed by atoms with van der Waals surface area (Å²) in [5.41, 5.74) is 0. The molecule has 3 nitrogen and oxygen atoms in total. The Balaban J connectivity index is 1.96. The SMILES string of the molecule is CC(C)C(=O)NCCNC1CC(C(C)C)C1. The van der Waals surface area contributed by atoms with Crippen LogP contribution in [-0.4, -0.2) is 25.0 Å². The van der Waals surface area contributed by atoms with Crippen molar-refractivity contribution >= 4 is 5.91 Å². The van der Waals surface area contributed by atoms with Crippen LogP contribution in [0.15, 0.2) is 0 Å². The molecule has 0 aromatic rings. The van der Waals surface area contributed by atoms with Crippen molar-refractivity contribution in [3.8, 4) is 0 Å². The summed E-state index contributed by atoms with van der Waals surface area (Å²) in [6.45, 7) is 10.1. The van der Waals surface area contributed by atoms with Crippen LogP contribution in [0.4, 0.5) is 0 Å². The molecule has 0 radical (unpaired) electrons. The number of nitrogens with one attached hydrogen (secondary N) is 2. The molecule has 1 aliphatic rings. The first kappa shape index (κ1) is 13.5. The lowest BCUT2D eigenvalue weighted by molar-refractivity contribution is -0.123. The van der Waals surface area contributed by atoms with E-state index in [4.69, 9.17) is 0 Å². The fourth-order valence-electron chi connectivity index (χ4n) is 2.04. The summed E-state index contributed by atoms with van der Waals surface area (Å²) in [7, 11) is 0. The van der Waals surface area contributed by atoms with E-state index in [-0.39, 0.29) is 11.8 Å². The lowest BCUT2D eigenvalue weighted by atomic mass is 9.74. The van der Waals surface area contributed by atoms with Gasteiger partial charge in [0.1, 0.15) is 0 Å². The molecule has 0 heterocycles. The predicted molar refractivity (Wildman–Crippen MR) is 67.2 cm³/mol. The van der Waals surface area contributed by atoms with Gasteiger partial charge in [-0.15, -0.1) is 0 Å². The van der Waals surface area contributed by atoms with Crippen LogP contribution in [0, 0.1) is 17.8 Å². The highest BCUT2D eigenvalue weighted by Gasteiger charge is 2.30. The van der Waals surface area contributed by atoms with Crippen LogP contribution in [0.2, 0.25) is 0 Å². The number of carbonyl (C=O) groups excluding carboxylic acids is 1. The Hall–Kier alpha value is -0.570. The summed E-state index contributed by atoms with van der Waals surface area (Å²) in [5.74, 6) is 1.96. The lowest BCUT2D eigenvalue weighted by Gasteiger charge is -2.38. The van der Waals surface area contributed by atoms with Gasteiger partial charge in [-0.2, -0.15) is 0 Å².